The van der Waals surface area contributed by atoms with Crippen molar-refractivity contribution >= 4 is 16.8 Å². The van der Waals surface area contributed by atoms with Gasteiger partial charge in [0.1, 0.15) is 0 Å². The quantitative estimate of drug-likeness (QED) is 0.651. The Bertz CT molecular complexity index is 1070. The van der Waals surface area contributed by atoms with Crippen LogP contribution in [-0.4, -0.2) is 55.3 Å². The monoisotopic (exact) mass is 406 g/mol. The first-order valence-corrected chi connectivity index (χ1v) is 10.1. The lowest BCUT2D eigenvalue weighted by Crippen LogP contribution is -2.48. The van der Waals surface area contributed by atoms with Gasteiger partial charge in [-0.2, -0.15) is 0 Å². The van der Waals surface area contributed by atoms with Crippen molar-refractivity contribution < 1.29 is 19.0 Å². The summed E-state index contributed by atoms with van der Waals surface area (Å²) in [5.74, 6) is 1.26. The molecular weight excluding hydrogens is 380 g/mol. The molecule has 0 radical (unpaired) electrons. The molecule has 6 heteroatoms. The second kappa shape index (κ2) is 8.32. The third kappa shape index (κ3) is 3.83. The van der Waals surface area contributed by atoms with E-state index in [0.717, 1.165) is 16.5 Å². The van der Waals surface area contributed by atoms with Gasteiger partial charge in [-0.25, -0.2) is 4.98 Å². The molecule has 1 amide bonds. The number of fused-ring (bicyclic) bond motifs is 1. The Morgan fingerprint density at radius 2 is 1.70 bits per heavy atom. The van der Waals surface area contributed by atoms with Crippen molar-refractivity contribution in [2.75, 3.05) is 27.3 Å². The van der Waals surface area contributed by atoms with Crippen LogP contribution in [-0.2, 0) is 4.74 Å². The smallest absolute Gasteiger partial charge is 0.254 e. The molecule has 156 valence electrons. The summed E-state index contributed by atoms with van der Waals surface area (Å²) >= 11 is 0. The summed E-state index contributed by atoms with van der Waals surface area (Å²) in [6, 6.07) is 15.3. The molecule has 1 aromatic heterocycles. The van der Waals surface area contributed by atoms with Gasteiger partial charge in [-0.1, -0.05) is 18.2 Å². The Balaban J connectivity index is 1.81. The zero-order chi connectivity index (χ0) is 21.3. The van der Waals surface area contributed by atoms with E-state index >= 15 is 0 Å². The van der Waals surface area contributed by atoms with Crippen LogP contribution in [0, 0.1) is 0 Å². The Morgan fingerprint density at radius 3 is 2.40 bits per heavy atom. The van der Waals surface area contributed by atoms with E-state index in [1.54, 1.807) is 14.2 Å². The molecule has 1 aliphatic rings. The highest BCUT2D eigenvalue weighted by Gasteiger charge is 2.28. The molecule has 1 saturated heterocycles. The summed E-state index contributed by atoms with van der Waals surface area (Å²) < 4.78 is 16.6. The van der Waals surface area contributed by atoms with Crippen LogP contribution < -0.4 is 9.47 Å². The van der Waals surface area contributed by atoms with Crippen LogP contribution in [0.3, 0.4) is 0 Å². The van der Waals surface area contributed by atoms with Crippen LogP contribution in [0.15, 0.2) is 48.5 Å². The van der Waals surface area contributed by atoms with Crippen LogP contribution in [0.2, 0.25) is 0 Å². The number of rotatable bonds is 4. The first kappa shape index (κ1) is 20.2. The lowest BCUT2D eigenvalue weighted by molar-refractivity contribution is -0.0585. The van der Waals surface area contributed by atoms with E-state index in [2.05, 4.69) is 0 Å². The van der Waals surface area contributed by atoms with E-state index in [1.165, 1.54) is 0 Å². The molecule has 0 aliphatic carbocycles. The van der Waals surface area contributed by atoms with Gasteiger partial charge in [0.25, 0.3) is 5.91 Å². The van der Waals surface area contributed by atoms with Gasteiger partial charge in [0.15, 0.2) is 11.5 Å². The highest BCUT2D eigenvalue weighted by Crippen LogP contribution is 2.33. The Morgan fingerprint density at radius 1 is 1.00 bits per heavy atom. The van der Waals surface area contributed by atoms with Crippen molar-refractivity contribution in [1.82, 2.24) is 9.88 Å². The lowest BCUT2D eigenvalue weighted by atomic mass is 10.0. The maximum atomic E-state index is 13.5. The minimum Gasteiger partial charge on any atom is -0.493 e. The van der Waals surface area contributed by atoms with Gasteiger partial charge < -0.3 is 19.1 Å². The highest BCUT2D eigenvalue weighted by atomic mass is 16.5. The van der Waals surface area contributed by atoms with Crippen LogP contribution in [0.5, 0.6) is 11.5 Å². The molecular formula is C24H26N2O4. The number of nitrogens with zero attached hydrogens (tertiary/aromatic N) is 2. The number of carbonyl (C=O) groups is 1. The van der Waals surface area contributed by atoms with E-state index in [0.29, 0.717) is 35.8 Å². The van der Waals surface area contributed by atoms with E-state index in [4.69, 9.17) is 19.2 Å². The lowest BCUT2D eigenvalue weighted by Gasteiger charge is -2.35. The van der Waals surface area contributed by atoms with E-state index in [1.807, 2.05) is 67.3 Å². The highest BCUT2D eigenvalue weighted by molar-refractivity contribution is 6.07. The molecule has 0 spiro atoms. The standard InChI is InChI=1S/C24H26N2O4/c1-15-13-26(14-16(2)30-15)24(27)19-12-21(25-20-8-6-5-7-18(19)20)17-9-10-22(28-3)23(11-17)29-4/h5-12,15-16H,13-14H2,1-4H3/t15-,16-/m0/s1. The molecule has 0 unspecified atom stereocenters. The predicted octanol–water partition coefficient (Wildman–Crippen LogP) is 4.17. The summed E-state index contributed by atoms with van der Waals surface area (Å²) in [7, 11) is 3.21. The van der Waals surface area contributed by atoms with Crippen molar-refractivity contribution in [1.29, 1.82) is 0 Å². The van der Waals surface area contributed by atoms with Gasteiger partial charge in [0, 0.05) is 24.0 Å². The third-order valence-corrected chi connectivity index (χ3v) is 5.33. The fourth-order valence-corrected chi connectivity index (χ4v) is 4.01. The zero-order valence-corrected chi connectivity index (χ0v) is 17.7. The summed E-state index contributed by atoms with van der Waals surface area (Å²) in [6.45, 7) is 5.14. The molecule has 2 aromatic carbocycles. The van der Waals surface area contributed by atoms with Gasteiger partial charge in [-0.05, 0) is 44.2 Å². The zero-order valence-electron chi connectivity index (χ0n) is 17.7. The normalized spacial score (nSPS) is 19.0. The average Bonchev–Trinajstić information content (AvgIpc) is 2.76. The minimum absolute atomic E-state index is 0.00248. The first-order chi connectivity index (χ1) is 14.5. The first-order valence-electron chi connectivity index (χ1n) is 10.1. The molecule has 0 saturated carbocycles. The van der Waals surface area contributed by atoms with Gasteiger partial charge in [0.2, 0.25) is 0 Å². The minimum atomic E-state index is -0.00248. The van der Waals surface area contributed by atoms with Gasteiger partial charge >= 0.3 is 0 Å². The fraction of sp³-hybridized carbons (Fsp3) is 0.333. The number of carbonyl (C=O) groups excluding carboxylic acids is 1. The molecule has 1 fully saturated rings. The molecule has 2 heterocycles. The SMILES string of the molecule is COc1ccc(-c2cc(C(=O)N3C[C@H](C)O[C@@H](C)C3)c3ccccc3n2)cc1OC. The van der Waals surface area contributed by atoms with Crippen molar-refractivity contribution in [2.45, 2.75) is 26.1 Å². The third-order valence-electron chi connectivity index (χ3n) is 5.33. The topological polar surface area (TPSA) is 60.9 Å². The number of methoxy groups -OCH3 is 2. The van der Waals surface area contributed by atoms with E-state index in [9.17, 15) is 4.79 Å². The van der Waals surface area contributed by atoms with Crippen molar-refractivity contribution in [2.24, 2.45) is 0 Å². The number of hydrogen-bond donors (Lipinski definition) is 0. The summed E-state index contributed by atoms with van der Waals surface area (Å²) in [5.41, 5.74) is 3.00. The number of ether oxygens (including phenoxy) is 3. The summed E-state index contributed by atoms with van der Waals surface area (Å²) in [5, 5.41) is 0.846. The van der Waals surface area contributed by atoms with E-state index < -0.39 is 0 Å². The maximum Gasteiger partial charge on any atom is 0.254 e. The van der Waals surface area contributed by atoms with Crippen molar-refractivity contribution in [3.8, 4) is 22.8 Å². The Hall–Kier alpha value is -3.12. The van der Waals surface area contributed by atoms with Crippen molar-refractivity contribution in [3.05, 3.63) is 54.1 Å². The number of aromatic nitrogens is 1. The molecule has 1 aliphatic heterocycles. The van der Waals surface area contributed by atoms with Crippen LogP contribution in [0.1, 0.15) is 24.2 Å². The molecule has 0 N–H and O–H groups in total. The molecule has 0 bridgehead atoms. The van der Waals surface area contributed by atoms with Crippen LogP contribution in [0.4, 0.5) is 0 Å². The van der Waals surface area contributed by atoms with Crippen LogP contribution >= 0.6 is 0 Å². The fourth-order valence-electron chi connectivity index (χ4n) is 4.01. The van der Waals surface area contributed by atoms with Gasteiger partial charge in [0.05, 0.1) is 43.2 Å². The molecule has 30 heavy (non-hydrogen) atoms. The second-order valence-electron chi connectivity index (χ2n) is 7.61. The average molecular weight is 406 g/mol. The number of morpholine rings is 1. The van der Waals surface area contributed by atoms with Gasteiger partial charge in [-0.3, -0.25) is 4.79 Å². The molecule has 3 aromatic rings. The molecule has 6 nitrogen and oxygen atoms in total. The number of hydrogen-bond acceptors (Lipinski definition) is 5. The van der Waals surface area contributed by atoms with E-state index in [-0.39, 0.29) is 18.1 Å². The second-order valence-corrected chi connectivity index (χ2v) is 7.61. The Labute approximate surface area is 176 Å². The molecule has 4 rings (SSSR count). The maximum absolute atomic E-state index is 13.5. The Kier molecular flexibility index (Phi) is 5.59. The number of benzene rings is 2. The largest absolute Gasteiger partial charge is 0.493 e. The number of para-hydroxylation sites is 1. The predicted molar refractivity (Wildman–Crippen MR) is 116 cm³/mol. The van der Waals surface area contributed by atoms with Gasteiger partial charge in [-0.15, -0.1) is 0 Å². The van der Waals surface area contributed by atoms with Crippen molar-refractivity contribution in [3.63, 3.8) is 0 Å². The number of amides is 1. The van der Waals surface area contributed by atoms with Crippen LogP contribution in [0.25, 0.3) is 22.2 Å². The summed E-state index contributed by atoms with van der Waals surface area (Å²) in [6.07, 6.45) is 0.0206. The molecule has 2 atom stereocenters. The summed E-state index contributed by atoms with van der Waals surface area (Å²) in [4.78, 5) is 20.2. The number of pyridine rings is 1.